The van der Waals surface area contributed by atoms with Gasteiger partial charge in [-0.2, -0.15) is 0 Å². The lowest BCUT2D eigenvalue weighted by molar-refractivity contribution is 0.0253. The number of nitrogens with two attached hydrogens (primary N) is 1. The zero-order valence-corrected chi connectivity index (χ0v) is 14.5. The minimum absolute atomic E-state index is 0.1000. The summed E-state index contributed by atoms with van der Waals surface area (Å²) >= 11 is 0. The molecule has 3 rings (SSSR count). The van der Waals surface area contributed by atoms with Gasteiger partial charge in [0.05, 0.1) is 12.2 Å². The number of piperidine rings is 1. The third kappa shape index (κ3) is 3.28. The molecule has 2 heterocycles. The summed E-state index contributed by atoms with van der Waals surface area (Å²) in [6.45, 7) is 5.58. The SMILES string of the molecule is CC1CCN(c2cc(C3(CO)CCOCC3)ccc2C(N)=O)CC1. The van der Waals surface area contributed by atoms with Crippen LogP contribution < -0.4 is 10.6 Å². The van der Waals surface area contributed by atoms with Crippen LogP contribution in [0.1, 0.15) is 48.5 Å². The second-order valence-corrected chi connectivity index (χ2v) is 7.32. The van der Waals surface area contributed by atoms with Crippen LogP contribution in [-0.4, -0.2) is 43.9 Å². The number of ether oxygens (including phenoxy) is 1. The number of anilines is 1. The van der Waals surface area contributed by atoms with Gasteiger partial charge in [0.25, 0.3) is 5.91 Å². The molecule has 2 fully saturated rings. The molecule has 132 valence electrons. The summed E-state index contributed by atoms with van der Waals surface area (Å²) in [5.74, 6) is 0.334. The van der Waals surface area contributed by atoms with Crippen molar-refractivity contribution in [2.24, 2.45) is 11.7 Å². The van der Waals surface area contributed by atoms with Gasteiger partial charge >= 0.3 is 0 Å². The summed E-state index contributed by atoms with van der Waals surface area (Å²) in [4.78, 5) is 14.2. The highest BCUT2D eigenvalue weighted by atomic mass is 16.5. The Labute approximate surface area is 143 Å². The van der Waals surface area contributed by atoms with Crippen LogP contribution in [0.3, 0.4) is 0 Å². The lowest BCUT2D eigenvalue weighted by Crippen LogP contribution is -2.38. The molecule has 0 aromatic heterocycles. The van der Waals surface area contributed by atoms with E-state index in [-0.39, 0.29) is 17.9 Å². The number of hydrogen-bond acceptors (Lipinski definition) is 4. The number of amides is 1. The average Bonchev–Trinajstić information content (AvgIpc) is 2.62. The van der Waals surface area contributed by atoms with Crippen molar-refractivity contribution in [2.45, 2.75) is 38.0 Å². The molecule has 3 N–H and O–H groups in total. The van der Waals surface area contributed by atoms with E-state index in [9.17, 15) is 9.90 Å². The predicted octanol–water partition coefficient (Wildman–Crippen LogP) is 2.06. The van der Waals surface area contributed by atoms with Gasteiger partial charge in [-0.1, -0.05) is 13.0 Å². The molecule has 0 unspecified atom stereocenters. The van der Waals surface area contributed by atoms with E-state index < -0.39 is 0 Å². The fourth-order valence-corrected chi connectivity index (χ4v) is 3.88. The van der Waals surface area contributed by atoms with Gasteiger partial charge in [0.1, 0.15) is 0 Å². The van der Waals surface area contributed by atoms with Gasteiger partial charge in [-0.05, 0) is 49.3 Å². The monoisotopic (exact) mass is 332 g/mol. The fourth-order valence-electron chi connectivity index (χ4n) is 3.88. The van der Waals surface area contributed by atoms with Gasteiger partial charge in [-0.3, -0.25) is 4.79 Å². The maximum atomic E-state index is 11.9. The van der Waals surface area contributed by atoms with Crippen LogP contribution in [0.5, 0.6) is 0 Å². The van der Waals surface area contributed by atoms with Crippen molar-refractivity contribution in [1.82, 2.24) is 0 Å². The molecule has 0 atom stereocenters. The lowest BCUT2D eigenvalue weighted by atomic mass is 9.74. The van der Waals surface area contributed by atoms with E-state index in [0.29, 0.717) is 18.8 Å². The first kappa shape index (κ1) is 17.2. The first-order valence-electron chi connectivity index (χ1n) is 8.93. The molecule has 0 bridgehead atoms. The average molecular weight is 332 g/mol. The van der Waals surface area contributed by atoms with Gasteiger partial charge in [0, 0.05) is 37.4 Å². The predicted molar refractivity (Wildman–Crippen MR) is 94.4 cm³/mol. The number of carbonyl (C=O) groups excluding carboxylic acids is 1. The van der Waals surface area contributed by atoms with Crippen molar-refractivity contribution < 1.29 is 14.6 Å². The standard InChI is InChI=1S/C19H28N2O3/c1-14-4-8-21(9-5-14)17-12-15(2-3-16(17)18(20)23)19(13-22)6-10-24-11-7-19/h2-3,12,14,22H,4-11,13H2,1H3,(H2,20,23). The van der Waals surface area contributed by atoms with Crippen LogP contribution in [0.4, 0.5) is 5.69 Å². The largest absolute Gasteiger partial charge is 0.395 e. The molecule has 1 aromatic rings. The highest BCUT2D eigenvalue weighted by Gasteiger charge is 2.35. The molecule has 0 radical (unpaired) electrons. The normalized spacial score (nSPS) is 21.7. The van der Waals surface area contributed by atoms with Crippen LogP contribution >= 0.6 is 0 Å². The van der Waals surface area contributed by atoms with Gasteiger partial charge in [-0.25, -0.2) is 0 Å². The minimum atomic E-state index is -0.389. The van der Waals surface area contributed by atoms with Crippen molar-refractivity contribution in [3.63, 3.8) is 0 Å². The van der Waals surface area contributed by atoms with Crippen molar-refractivity contribution in [3.8, 4) is 0 Å². The summed E-state index contributed by atoms with van der Waals surface area (Å²) in [6, 6.07) is 5.87. The maximum Gasteiger partial charge on any atom is 0.250 e. The first-order valence-corrected chi connectivity index (χ1v) is 8.93. The Hall–Kier alpha value is -1.59. The molecule has 1 aromatic carbocycles. The number of aliphatic hydroxyl groups is 1. The Morgan fingerprint density at radius 3 is 2.58 bits per heavy atom. The van der Waals surface area contributed by atoms with Crippen LogP contribution in [0.25, 0.3) is 0 Å². The second-order valence-electron chi connectivity index (χ2n) is 7.32. The molecule has 5 heteroatoms. The number of nitrogens with zero attached hydrogens (tertiary/aromatic N) is 1. The summed E-state index contributed by atoms with van der Waals surface area (Å²) < 4.78 is 5.47. The molecule has 0 spiro atoms. The number of primary amides is 1. The molecule has 5 nitrogen and oxygen atoms in total. The molecule has 0 saturated carbocycles. The van der Waals surface area contributed by atoms with Crippen LogP contribution in [0.15, 0.2) is 18.2 Å². The highest BCUT2D eigenvalue weighted by Crippen LogP contribution is 2.37. The number of carbonyl (C=O) groups is 1. The number of rotatable bonds is 4. The number of benzene rings is 1. The number of hydrogen-bond donors (Lipinski definition) is 2. The van der Waals surface area contributed by atoms with E-state index in [1.165, 1.54) is 0 Å². The molecule has 2 aliphatic heterocycles. The molecule has 2 saturated heterocycles. The zero-order chi connectivity index (χ0) is 17.2. The molecular formula is C19H28N2O3. The van der Waals surface area contributed by atoms with E-state index in [0.717, 1.165) is 55.9 Å². The first-order chi connectivity index (χ1) is 11.6. The lowest BCUT2D eigenvalue weighted by Gasteiger charge is -2.38. The van der Waals surface area contributed by atoms with Gasteiger partial charge < -0.3 is 20.5 Å². The van der Waals surface area contributed by atoms with Crippen molar-refractivity contribution in [1.29, 1.82) is 0 Å². The van der Waals surface area contributed by atoms with E-state index in [2.05, 4.69) is 17.9 Å². The summed E-state index contributed by atoms with van der Waals surface area (Å²) in [5, 5.41) is 10.0. The topological polar surface area (TPSA) is 75.8 Å². The molecule has 0 aliphatic carbocycles. The maximum absolute atomic E-state index is 11.9. The Morgan fingerprint density at radius 2 is 2.00 bits per heavy atom. The summed E-state index contributed by atoms with van der Waals surface area (Å²) in [6.07, 6.45) is 3.86. The Kier molecular flexibility index (Phi) is 5.11. The second kappa shape index (κ2) is 7.11. The Bertz CT molecular complexity index is 588. The van der Waals surface area contributed by atoms with E-state index in [4.69, 9.17) is 10.5 Å². The van der Waals surface area contributed by atoms with Crippen LogP contribution in [-0.2, 0) is 10.2 Å². The zero-order valence-electron chi connectivity index (χ0n) is 14.5. The van der Waals surface area contributed by atoms with Crippen LogP contribution in [0, 0.1) is 5.92 Å². The molecule has 24 heavy (non-hydrogen) atoms. The third-order valence-electron chi connectivity index (χ3n) is 5.75. The minimum Gasteiger partial charge on any atom is -0.395 e. The Morgan fingerprint density at radius 1 is 1.33 bits per heavy atom. The summed E-state index contributed by atoms with van der Waals surface area (Å²) in [5.41, 5.74) is 7.93. The van der Waals surface area contributed by atoms with Gasteiger partial charge in [0.15, 0.2) is 0 Å². The number of aliphatic hydroxyl groups excluding tert-OH is 1. The van der Waals surface area contributed by atoms with Crippen LogP contribution in [0.2, 0.25) is 0 Å². The summed E-state index contributed by atoms with van der Waals surface area (Å²) in [7, 11) is 0. The van der Waals surface area contributed by atoms with E-state index >= 15 is 0 Å². The molecule has 1 amide bonds. The van der Waals surface area contributed by atoms with Crippen molar-refractivity contribution in [3.05, 3.63) is 29.3 Å². The fraction of sp³-hybridized carbons (Fsp3) is 0.632. The highest BCUT2D eigenvalue weighted by molar-refractivity contribution is 5.98. The quantitative estimate of drug-likeness (QED) is 0.885. The third-order valence-corrected chi connectivity index (χ3v) is 5.75. The molecular weight excluding hydrogens is 304 g/mol. The van der Waals surface area contributed by atoms with Gasteiger partial charge in [-0.15, -0.1) is 0 Å². The Balaban J connectivity index is 1.97. The van der Waals surface area contributed by atoms with Crippen molar-refractivity contribution >= 4 is 11.6 Å². The smallest absolute Gasteiger partial charge is 0.250 e. The van der Waals surface area contributed by atoms with E-state index in [1.807, 2.05) is 12.1 Å². The van der Waals surface area contributed by atoms with E-state index in [1.54, 1.807) is 0 Å². The van der Waals surface area contributed by atoms with Crippen molar-refractivity contribution in [2.75, 3.05) is 37.8 Å². The molecule has 2 aliphatic rings. The van der Waals surface area contributed by atoms with Gasteiger partial charge in [0.2, 0.25) is 0 Å².